The zero-order valence-corrected chi connectivity index (χ0v) is 11.0. The Morgan fingerprint density at radius 1 is 1.12 bits per heavy atom. The molecule has 0 aromatic rings. The average molecular weight is 243 g/mol. The van der Waals surface area contributed by atoms with E-state index in [9.17, 15) is 5.11 Å². The highest BCUT2D eigenvalue weighted by molar-refractivity contribution is 7.99. The maximum absolute atomic E-state index is 9.71. The number of aliphatic hydroxyl groups excluding tert-OH is 1. The fourth-order valence-electron chi connectivity index (χ4n) is 2.93. The molecule has 2 rings (SSSR count). The predicted octanol–water partition coefficient (Wildman–Crippen LogP) is 2.41. The second-order valence-corrected chi connectivity index (χ2v) is 6.47. The van der Waals surface area contributed by atoms with Gasteiger partial charge in [0.1, 0.15) is 0 Å². The Morgan fingerprint density at radius 2 is 1.94 bits per heavy atom. The summed E-state index contributed by atoms with van der Waals surface area (Å²) in [6.45, 7) is 1.15. The van der Waals surface area contributed by atoms with Gasteiger partial charge in [-0.15, -0.1) is 0 Å². The quantitative estimate of drug-likeness (QED) is 0.727. The summed E-state index contributed by atoms with van der Waals surface area (Å²) in [6, 6.07) is 0.773. The Morgan fingerprint density at radius 3 is 2.62 bits per heavy atom. The molecule has 1 saturated carbocycles. The Kier molecular flexibility index (Phi) is 5.46. The van der Waals surface area contributed by atoms with Crippen LogP contribution >= 0.6 is 11.8 Å². The van der Waals surface area contributed by atoms with Gasteiger partial charge in [-0.3, -0.25) is 0 Å². The van der Waals surface area contributed by atoms with Crippen molar-refractivity contribution in [1.82, 2.24) is 5.32 Å². The molecule has 0 aromatic heterocycles. The van der Waals surface area contributed by atoms with Gasteiger partial charge in [0.05, 0.1) is 6.10 Å². The predicted molar refractivity (Wildman–Crippen MR) is 70.9 cm³/mol. The van der Waals surface area contributed by atoms with Crippen molar-refractivity contribution in [3.8, 4) is 0 Å². The monoisotopic (exact) mass is 243 g/mol. The summed E-state index contributed by atoms with van der Waals surface area (Å²) < 4.78 is 0. The largest absolute Gasteiger partial charge is 0.393 e. The van der Waals surface area contributed by atoms with E-state index >= 15 is 0 Å². The Bertz CT molecular complexity index is 194. The van der Waals surface area contributed by atoms with Crippen LogP contribution in [-0.2, 0) is 0 Å². The van der Waals surface area contributed by atoms with Gasteiger partial charge in [0.15, 0.2) is 0 Å². The SMILES string of the molecule is OC1CCCC1CCCNC1CCSCC1. The van der Waals surface area contributed by atoms with Gasteiger partial charge in [0.25, 0.3) is 0 Å². The van der Waals surface area contributed by atoms with E-state index in [4.69, 9.17) is 0 Å². The lowest BCUT2D eigenvalue weighted by Gasteiger charge is -2.23. The smallest absolute Gasteiger partial charge is 0.0568 e. The molecular formula is C13H25NOS. The van der Waals surface area contributed by atoms with Crippen molar-refractivity contribution in [3.63, 3.8) is 0 Å². The molecule has 1 aliphatic heterocycles. The fraction of sp³-hybridized carbons (Fsp3) is 1.00. The zero-order chi connectivity index (χ0) is 11.2. The minimum atomic E-state index is 0.00563. The molecule has 0 bridgehead atoms. The molecule has 1 aliphatic carbocycles. The van der Waals surface area contributed by atoms with Crippen LogP contribution < -0.4 is 5.32 Å². The first-order chi connectivity index (χ1) is 7.86. The van der Waals surface area contributed by atoms with Crippen LogP contribution in [0.15, 0.2) is 0 Å². The molecule has 2 fully saturated rings. The van der Waals surface area contributed by atoms with Crippen molar-refractivity contribution in [1.29, 1.82) is 0 Å². The summed E-state index contributed by atoms with van der Waals surface area (Å²) in [4.78, 5) is 0. The van der Waals surface area contributed by atoms with Gasteiger partial charge >= 0.3 is 0 Å². The highest BCUT2D eigenvalue weighted by Gasteiger charge is 2.24. The number of aliphatic hydroxyl groups is 1. The van der Waals surface area contributed by atoms with Gasteiger partial charge in [-0.05, 0) is 62.5 Å². The van der Waals surface area contributed by atoms with Gasteiger partial charge in [-0.25, -0.2) is 0 Å². The molecule has 0 spiro atoms. The third-order valence-electron chi connectivity index (χ3n) is 4.02. The number of rotatable bonds is 5. The molecule has 2 nitrogen and oxygen atoms in total. The molecule has 94 valence electrons. The molecule has 0 amide bonds. The van der Waals surface area contributed by atoms with E-state index < -0.39 is 0 Å². The maximum atomic E-state index is 9.71. The highest BCUT2D eigenvalue weighted by Crippen LogP contribution is 2.29. The molecule has 2 aliphatic rings. The van der Waals surface area contributed by atoms with Gasteiger partial charge in [-0.2, -0.15) is 11.8 Å². The van der Waals surface area contributed by atoms with Gasteiger partial charge in [0, 0.05) is 6.04 Å². The van der Waals surface area contributed by atoms with Crippen LogP contribution in [0.2, 0.25) is 0 Å². The summed E-state index contributed by atoms with van der Waals surface area (Å²) in [5.41, 5.74) is 0. The second-order valence-electron chi connectivity index (χ2n) is 5.24. The molecule has 2 N–H and O–H groups in total. The van der Waals surface area contributed by atoms with E-state index in [0.717, 1.165) is 19.0 Å². The van der Waals surface area contributed by atoms with Crippen LogP contribution in [0.3, 0.4) is 0 Å². The van der Waals surface area contributed by atoms with E-state index in [-0.39, 0.29) is 6.10 Å². The van der Waals surface area contributed by atoms with Crippen LogP contribution in [-0.4, -0.2) is 35.3 Å². The van der Waals surface area contributed by atoms with Gasteiger partial charge in [-0.1, -0.05) is 6.42 Å². The third kappa shape index (κ3) is 3.94. The molecule has 3 heteroatoms. The van der Waals surface area contributed by atoms with Crippen molar-refractivity contribution in [3.05, 3.63) is 0 Å². The summed E-state index contributed by atoms with van der Waals surface area (Å²) in [5.74, 6) is 3.27. The molecule has 2 unspecified atom stereocenters. The summed E-state index contributed by atoms with van der Waals surface area (Å²) in [6.07, 6.45) is 8.68. The summed E-state index contributed by atoms with van der Waals surface area (Å²) in [7, 11) is 0. The first-order valence-corrected chi connectivity index (χ1v) is 8.01. The lowest BCUT2D eigenvalue weighted by molar-refractivity contribution is 0.126. The first-order valence-electron chi connectivity index (χ1n) is 6.85. The Balaban J connectivity index is 1.51. The van der Waals surface area contributed by atoms with Crippen molar-refractivity contribution >= 4 is 11.8 Å². The zero-order valence-electron chi connectivity index (χ0n) is 10.2. The van der Waals surface area contributed by atoms with Crippen molar-refractivity contribution < 1.29 is 5.11 Å². The number of hydrogen-bond donors (Lipinski definition) is 2. The number of thioether (sulfide) groups is 1. The minimum Gasteiger partial charge on any atom is -0.393 e. The van der Waals surface area contributed by atoms with Crippen LogP contribution in [0.5, 0.6) is 0 Å². The van der Waals surface area contributed by atoms with E-state index in [2.05, 4.69) is 17.1 Å². The molecule has 1 saturated heterocycles. The van der Waals surface area contributed by atoms with Crippen molar-refractivity contribution in [2.24, 2.45) is 5.92 Å². The molecular weight excluding hydrogens is 218 g/mol. The topological polar surface area (TPSA) is 32.3 Å². The maximum Gasteiger partial charge on any atom is 0.0568 e. The summed E-state index contributed by atoms with van der Waals surface area (Å²) in [5, 5.41) is 13.4. The molecule has 2 atom stereocenters. The van der Waals surface area contributed by atoms with E-state index in [1.807, 2.05) is 0 Å². The van der Waals surface area contributed by atoms with Crippen molar-refractivity contribution in [2.75, 3.05) is 18.1 Å². The Hall–Kier alpha value is 0.270. The first kappa shape index (κ1) is 12.7. The second kappa shape index (κ2) is 6.87. The Labute approximate surface area is 104 Å². The normalized spacial score (nSPS) is 32.1. The molecule has 0 aromatic carbocycles. The van der Waals surface area contributed by atoms with Gasteiger partial charge in [0.2, 0.25) is 0 Å². The van der Waals surface area contributed by atoms with Crippen molar-refractivity contribution in [2.45, 2.75) is 57.1 Å². The average Bonchev–Trinajstić information content (AvgIpc) is 2.72. The molecule has 1 heterocycles. The third-order valence-corrected chi connectivity index (χ3v) is 5.07. The van der Waals surface area contributed by atoms with Crippen LogP contribution in [0.4, 0.5) is 0 Å². The minimum absolute atomic E-state index is 0.00563. The van der Waals surface area contributed by atoms with E-state index in [1.165, 1.54) is 50.0 Å². The summed E-state index contributed by atoms with van der Waals surface area (Å²) >= 11 is 2.09. The van der Waals surface area contributed by atoms with E-state index in [0.29, 0.717) is 5.92 Å². The standard InChI is InChI=1S/C13H25NOS/c15-13-5-1-3-11(13)4-2-8-14-12-6-9-16-10-7-12/h11-15H,1-10H2. The van der Waals surface area contributed by atoms with E-state index in [1.54, 1.807) is 0 Å². The molecule has 0 radical (unpaired) electrons. The van der Waals surface area contributed by atoms with Crippen LogP contribution in [0.25, 0.3) is 0 Å². The highest BCUT2D eigenvalue weighted by atomic mass is 32.2. The lowest BCUT2D eigenvalue weighted by atomic mass is 9.99. The number of nitrogens with one attached hydrogen (secondary N) is 1. The van der Waals surface area contributed by atoms with Crippen LogP contribution in [0.1, 0.15) is 44.9 Å². The number of hydrogen-bond acceptors (Lipinski definition) is 3. The lowest BCUT2D eigenvalue weighted by Crippen LogP contribution is -2.33. The fourth-order valence-corrected chi connectivity index (χ4v) is 4.03. The van der Waals surface area contributed by atoms with Gasteiger partial charge < -0.3 is 10.4 Å². The molecule has 16 heavy (non-hydrogen) atoms. The van der Waals surface area contributed by atoms with Crippen LogP contribution in [0, 0.1) is 5.92 Å².